The van der Waals surface area contributed by atoms with Gasteiger partial charge in [-0.25, -0.2) is 14.4 Å². The number of nitrogens with one attached hydrogen (secondary N) is 1. The van der Waals surface area contributed by atoms with E-state index in [-0.39, 0.29) is 5.82 Å². The van der Waals surface area contributed by atoms with Gasteiger partial charge in [0.15, 0.2) is 5.82 Å². The minimum Gasteiger partial charge on any atom is -0.382 e. The van der Waals surface area contributed by atoms with Crippen molar-refractivity contribution in [2.75, 3.05) is 23.3 Å². The van der Waals surface area contributed by atoms with Crippen LogP contribution in [0.5, 0.6) is 0 Å². The van der Waals surface area contributed by atoms with Crippen LogP contribution in [0.3, 0.4) is 0 Å². The minimum absolute atomic E-state index is 0.209. The summed E-state index contributed by atoms with van der Waals surface area (Å²) in [6.45, 7) is 3.94. The predicted molar refractivity (Wildman–Crippen MR) is 110 cm³/mol. The van der Waals surface area contributed by atoms with E-state index in [9.17, 15) is 4.39 Å². The first-order valence-electron chi connectivity index (χ1n) is 9.77. The molecule has 2 aromatic heterocycles. The summed E-state index contributed by atoms with van der Waals surface area (Å²) in [6, 6.07) is 14.8. The van der Waals surface area contributed by atoms with Crippen LogP contribution < -0.4 is 10.2 Å². The van der Waals surface area contributed by atoms with Crippen molar-refractivity contribution in [1.29, 1.82) is 0 Å². The number of pyridine rings is 1. The maximum absolute atomic E-state index is 13.1. The van der Waals surface area contributed by atoms with Gasteiger partial charge in [0.05, 0.1) is 0 Å². The number of rotatable bonds is 5. The lowest BCUT2D eigenvalue weighted by atomic mass is 10.0. The second kappa shape index (κ2) is 8.33. The van der Waals surface area contributed by atoms with E-state index in [1.807, 2.05) is 18.2 Å². The van der Waals surface area contributed by atoms with Gasteiger partial charge in [0.1, 0.15) is 17.3 Å². The van der Waals surface area contributed by atoms with E-state index in [1.54, 1.807) is 18.3 Å². The van der Waals surface area contributed by atoms with Crippen LogP contribution in [0.15, 0.2) is 54.7 Å². The molecule has 5 nitrogen and oxygen atoms in total. The molecule has 3 aromatic rings. The molecule has 0 bridgehead atoms. The van der Waals surface area contributed by atoms with Gasteiger partial charge >= 0.3 is 0 Å². The fraction of sp³-hybridized carbons (Fsp3) is 0.318. The zero-order valence-corrected chi connectivity index (χ0v) is 16.0. The first-order valence-corrected chi connectivity index (χ1v) is 9.77. The predicted octanol–water partition coefficient (Wildman–Crippen LogP) is 4.32. The lowest BCUT2D eigenvalue weighted by Gasteiger charge is -2.34. The highest BCUT2D eigenvalue weighted by molar-refractivity contribution is 5.54. The number of aromatic nitrogens is 3. The number of aryl methyl sites for hydroxylation is 1. The van der Waals surface area contributed by atoms with E-state index in [0.717, 1.165) is 55.2 Å². The SMILES string of the molecule is CCc1cc(N2CCC(Nc3ccc(F)cc3)CC2)nc(-c2ccccn2)n1. The largest absolute Gasteiger partial charge is 0.382 e. The summed E-state index contributed by atoms with van der Waals surface area (Å²) in [6.07, 6.45) is 4.63. The second-order valence-corrected chi connectivity index (χ2v) is 7.02. The Morgan fingerprint density at radius 1 is 1.07 bits per heavy atom. The Morgan fingerprint density at radius 3 is 2.54 bits per heavy atom. The molecule has 28 heavy (non-hydrogen) atoms. The second-order valence-electron chi connectivity index (χ2n) is 7.02. The topological polar surface area (TPSA) is 53.9 Å². The molecule has 6 heteroatoms. The molecule has 0 radical (unpaired) electrons. The number of nitrogens with zero attached hydrogens (tertiary/aromatic N) is 4. The summed E-state index contributed by atoms with van der Waals surface area (Å²) in [5, 5.41) is 3.50. The number of halogens is 1. The third-order valence-corrected chi connectivity index (χ3v) is 5.06. The van der Waals surface area contributed by atoms with Crippen LogP contribution in [0.4, 0.5) is 15.9 Å². The highest BCUT2D eigenvalue weighted by Gasteiger charge is 2.21. The van der Waals surface area contributed by atoms with Crippen LogP contribution in [0, 0.1) is 5.82 Å². The van der Waals surface area contributed by atoms with Crippen LogP contribution in [0.2, 0.25) is 0 Å². The average molecular weight is 377 g/mol. The van der Waals surface area contributed by atoms with Gasteiger partial charge < -0.3 is 10.2 Å². The lowest BCUT2D eigenvalue weighted by molar-refractivity contribution is 0.523. The fourth-order valence-electron chi connectivity index (χ4n) is 3.47. The number of hydrogen-bond acceptors (Lipinski definition) is 5. The number of piperidine rings is 1. The quantitative estimate of drug-likeness (QED) is 0.718. The summed E-state index contributed by atoms with van der Waals surface area (Å²) in [4.78, 5) is 16.1. The van der Waals surface area contributed by atoms with Crippen molar-refractivity contribution >= 4 is 11.5 Å². The van der Waals surface area contributed by atoms with E-state index in [4.69, 9.17) is 4.98 Å². The van der Waals surface area contributed by atoms with Crippen molar-refractivity contribution in [2.45, 2.75) is 32.2 Å². The normalized spacial score (nSPS) is 14.9. The van der Waals surface area contributed by atoms with Crippen LogP contribution in [0.1, 0.15) is 25.5 Å². The summed E-state index contributed by atoms with van der Waals surface area (Å²) >= 11 is 0. The molecule has 0 spiro atoms. The van der Waals surface area contributed by atoms with Crippen molar-refractivity contribution in [3.63, 3.8) is 0 Å². The molecular formula is C22H24FN5. The molecule has 0 atom stereocenters. The van der Waals surface area contributed by atoms with Gasteiger partial charge in [-0.05, 0) is 55.7 Å². The molecule has 4 rings (SSSR count). The van der Waals surface area contributed by atoms with Crippen molar-refractivity contribution in [3.05, 3.63) is 66.2 Å². The molecule has 3 heterocycles. The Balaban J connectivity index is 1.46. The highest BCUT2D eigenvalue weighted by Crippen LogP contribution is 2.24. The molecule has 0 aliphatic carbocycles. The molecule has 1 fully saturated rings. The van der Waals surface area contributed by atoms with Crippen LogP contribution >= 0.6 is 0 Å². The van der Waals surface area contributed by atoms with E-state index >= 15 is 0 Å². The van der Waals surface area contributed by atoms with E-state index in [2.05, 4.69) is 33.2 Å². The third-order valence-electron chi connectivity index (χ3n) is 5.06. The first-order chi connectivity index (χ1) is 13.7. The molecule has 0 unspecified atom stereocenters. The monoisotopic (exact) mass is 377 g/mol. The smallest absolute Gasteiger partial charge is 0.180 e. The summed E-state index contributed by atoms with van der Waals surface area (Å²) in [7, 11) is 0. The van der Waals surface area contributed by atoms with E-state index in [1.165, 1.54) is 12.1 Å². The zero-order chi connectivity index (χ0) is 19.3. The lowest BCUT2D eigenvalue weighted by Crippen LogP contribution is -2.39. The van der Waals surface area contributed by atoms with Crippen molar-refractivity contribution in [2.24, 2.45) is 0 Å². The molecule has 0 amide bonds. The van der Waals surface area contributed by atoms with Gasteiger partial charge in [0.2, 0.25) is 0 Å². The van der Waals surface area contributed by atoms with Crippen LogP contribution in [0.25, 0.3) is 11.5 Å². The van der Waals surface area contributed by atoms with Gasteiger partial charge in [-0.2, -0.15) is 0 Å². The third kappa shape index (κ3) is 4.27. The minimum atomic E-state index is -0.209. The van der Waals surface area contributed by atoms with Gasteiger partial charge in [0.25, 0.3) is 0 Å². The number of benzene rings is 1. The average Bonchev–Trinajstić information content (AvgIpc) is 2.76. The van der Waals surface area contributed by atoms with Crippen molar-refractivity contribution in [1.82, 2.24) is 15.0 Å². The molecule has 1 aliphatic rings. The first kappa shape index (κ1) is 18.3. The molecule has 1 aromatic carbocycles. The Morgan fingerprint density at radius 2 is 1.86 bits per heavy atom. The van der Waals surface area contributed by atoms with Gasteiger partial charge in [0, 0.05) is 42.8 Å². The van der Waals surface area contributed by atoms with E-state index < -0.39 is 0 Å². The Labute approximate surface area is 164 Å². The van der Waals surface area contributed by atoms with Gasteiger partial charge in [-0.1, -0.05) is 13.0 Å². The number of anilines is 2. The standard InChI is InChI=1S/C22H24FN5/c1-2-17-15-21(27-22(26-17)20-5-3-4-12-24-20)28-13-10-19(11-14-28)25-18-8-6-16(23)7-9-18/h3-9,12,15,19,25H,2,10-11,13-14H2,1H3. The molecule has 0 saturated carbocycles. The zero-order valence-electron chi connectivity index (χ0n) is 16.0. The summed E-state index contributed by atoms with van der Waals surface area (Å²) in [5.41, 5.74) is 2.79. The molecule has 1 saturated heterocycles. The molecule has 1 N–H and O–H groups in total. The molecule has 144 valence electrons. The van der Waals surface area contributed by atoms with Gasteiger partial charge in [-0.3, -0.25) is 4.98 Å². The highest BCUT2D eigenvalue weighted by atomic mass is 19.1. The fourth-order valence-corrected chi connectivity index (χ4v) is 3.47. The van der Waals surface area contributed by atoms with Crippen molar-refractivity contribution < 1.29 is 4.39 Å². The molecule has 1 aliphatic heterocycles. The maximum atomic E-state index is 13.1. The summed E-state index contributed by atoms with van der Waals surface area (Å²) < 4.78 is 13.1. The number of hydrogen-bond donors (Lipinski definition) is 1. The maximum Gasteiger partial charge on any atom is 0.180 e. The van der Waals surface area contributed by atoms with Gasteiger partial charge in [-0.15, -0.1) is 0 Å². The Bertz CT molecular complexity index is 906. The Kier molecular flexibility index (Phi) is 5.46. The van der Waals surface area contributed by atoms with Crippen LogP contribution in [-0.2, 0) is 6.42 Å². The van der Waals surface area contributed by atoms with Crippen LogP contribution in [-0.4, -0.2) is 34.1 Å². The van der Waals surface area contributed by atoms with Crippen molar-refractivity contribution in [3.8, 4) is 11.5 Å². The molecular weight excluding hydrogens is 353 g/mol. The van der Waals surface area contributed by atoms with E-state index in [0.29, 0.717) is 11.9 Å². The Hall–Kier alpha value is -3.02. The summed E-state index contributed by atoms with van der Waals surface area (Å²) in [5.74, 6) is 1.44.